The van der Waals surface area contributed by atoms with Crippen LogP contribution in [0.4, 0.5) is 4.39 Å². The smallest absolute Gasteiger partial charge is 0.216 e. The van der Waals surface area contributed by atoms with Gasteiger partial charge in [0.25, 0.3) is 0 Å². The molecule has 1 aromatic heterocycles. The van der Waals surface area contributed by atoms with Crippen LogP contribution in [-0.4, -0.2) is 42.6 Å². The zero-order chi connectivity index (χ0) is 22.4. The van der Waals surface area contributed by atoms with Gasteiger partial charge in [-0.3, -0.25) is 4.90 Å². The van der Waals surface area contributed by atoms with E-state index in [1.807, 2.05) is 18.2 Å². The molecule has 1 saturated heterocycles. The van der Waals surface area contributed by atoms with Crippen molar-refractivity contribution in [1.82, 2.24) is 15.2 Å². The Morgan fingerprint density at radius 3 is 2.50 bits per heavy atom. The molecule has 0 bridgehead atoms. The number of pyridine rings is 1. The van der Waals surface area contributed by atoms with Crippen LogP contribution in [0, 0.1) is 5.95 Å². The molecule has 3 N–H and O–H groups in total. The Balaban J connectivity index is 0.000000271. The summed E-state index contributed by atoms with van der Waals surface area (Å²) in [6.07, 6.45) is 13.5. The van der Waals surface area contributed by atoms with Crippen LogP contribution in [0.15, 0.2) is 80.2 Å². The second-order valence-corrected chi connectivity index (χ2v) is 7.38. The molecule has 1 unspecified atom stereocenters. The molecule has 164 valence electrons. The van der Waals surface area contributed by atoms with Gasteiger partial charge in [-0.2, -0.15) is 4.39 Å². The molecule has 1 aromatic rings. The predicted molar refractivity (Wildman–Crippen MR) is 127 cm³/mol. The van der Waals surface area contributed by atoms with Gasteiger partial charge in [0, 0.05) is 36.6 Å². The molecule has 0 radical (unpaired) electrons. The van der Waals surface area contributed by atoms with E-state index >= 15 is 0 Å². The Morgan fingerprint density at radius 1 is 1.33 bits per heavy atom. The molecular weight excluding hydrogens is 375 g/mol. The number of aromatic nitrogens is 1. The largest absolute Gasteiger partial charge is 0.383 e. The number of rotatable bonds is 8. The molecule has 3 rings (SSSR count). The fraction of sp³-hybridized carbons (Fsp3) is 0.400. The molecule has 1 aliphatic carbocycles. The zero-order valence-corrected chi connectivity index (χ0v) is 18.3. The summed E-state index contributed by atoms with van der Waals surface area (Å²) in [5.74, 6) is 0.179. The van der Waals surface area contributed by atoms with Crippen molar-refractivity contribution in [3.8, 4) is 0 Å². The molecule has 0 amide bonds. The van der Waals surface area contributed by atoms with Crippen LogP contribution in [0.25, 0.3) is 0 Å². The first-order valence-electron chi connectivity index (χ1n) is 10.5. The monoisotopic (exact) mass is 412 g/mol. The average Bonchev–Trinajstić information content (AvgIpc) is 3.51. The summed E-state index contributed by atoms with van der Waals surface area (Å²) in [5.41, 5.74) is 7.95. The maximum absolute atomic E-state index is 12.8. The van der Waals surface area contributed by atoms with Crippen molar-refractivity contribution in [3.63, 3.8) is 0 Å². The maximum Gasteiger partial charge on any atom is 0.216 e. The number of hydrogen-bond donors (Lipinski definition) is 2. The first-order chi connectivity index (χ1) is 14.5. The second kappa shape index (κ2) is 14.5. The van der Waals surface area contributed by atoms with Gasteiger partial charge in [-0.25, -0.2) is 4.98 Å². The van der Waals surface area contributed by atoms with E-state index in [4.69, 9.17) is 5.73 Å². The average molecular weight is 413 g/mol. The Labute approximate surface area is 181 Å². The number of nitrogens with two attached hydrogens (primary N) is 1. The van der Waals surface area contributed by atoms with E-state index in [1.165, 1.54) is 25.6 Å². The lowest BCUT2D eigenvalue weighted by molar-refractivity contribution is 0.335. The van der Waals surface area contributed by atoms with E-state index in [0.29, 0.717) is 18.5 Å². The third-order valence-electron chi connectivity index (χ3n) is 5.01. The summed E-state index contributed by atoms with van der Waals surface area (Å²) >= 11 is 0. The summed E-state index contributed by atoms with van der Waals surface area (Å²) in [7, 11) is 2.15. The van der Waals surface area contributed by atoms with Gasteiger partial charge < -0.3 is 11.1 Å². The van der Waals surface area contributed by atoms with Crippen LogP contribution < -0.4 is 11.1 Å². The summed E-state index contributed by atoms with van der Waals surface area (Å²) in [6.45, 7) is 17.5. The Morgan fingerprint density at radius 2 is 2.03 bits per heavy atom. The quantitative estimate of drug-likeness (QED) is 0.369. The first-order valence-corrected chi connectivity index (χ1v) is 10.5. The molecule has 30 heavy (non-hydrogen) atoms. The first kappa shape index (κ1) is 25.5. The number of nitrogens with one attached hydrogen (secondary N) is 1. The second-order valence-electron chi connectivity index (χ2n) is 7.38. The van der Waals surface area contributed by atoms with Crippen molar-refractivity contribution in [2.24, 2.45) is 5.73 Å². The highest BCUT2D eigenvalue weighted by molar-refractivity contribution is 5.24. The minimum absolute atomic E-state index is 0.287. The molecule has 5 heteroatoms. The molecule has 1 atom stereocenters. The van der Waals surface area contributed by atoms with Crippen molar-refractivity contribution >= 4 is 0 Å². The van der Waals surface area contributed by atoms with Gasteiger partial charge in [0.2, 0.25) is 5.95 Å². The van der Waals surface area contributed by atoms with Crippen LogP contribution in [-0.2, 0) is 0 Å². The minimum Gasteiger partial charge on any atom is -0.383 e. The van der Waals surface area contributed by atoms with E-state index in [9.17, 15) is 4.39 Å². The Kier molecular flexibility index (Phi) is 12.3. The highest BCUT2D eigenvalue weighted by Crippen LogP contribution is 2.40. The standard InChI is InChI=1S/C14H22N2.C8H8FN.C3H7N/c1-5-8-13(6-2)11-15-12(3)14-9-7-10-16(14)4;9-8-7(6-3-4-6)2-1-5-10-8;1-2-3-4/h5-6,8,14-15H,1-3,7,9-11H2,4H3;1-2,5-6H,3-4H2;2H,1,3-4H2/b13-8+;;. The molecule has 1 aliphatic heterocycles. The van der Waals surface area contributed by atoms with Gasteiger partial charge in [-0.15, -0.1) is 6.58 Å². The van der Waals surface area contributed by atoms with Crippen LogP contribution in [0.2, 0.25) is 0 Å². The van der Waals surface area contributed by atoms with E-state index in [-0.39, 0.29) is 5.95 Å². The molecular formula is C25H37FN4. The molecule has 2 aliphatic rings. The van der Waals surface area contributed by atoms with Gasteiger partial charge >= 0.3 is 0 Å². The van der Waals surface area contributed by atoms with E-state index < -0.39 is 0 Å². The highest BCUT2D eigenvalue weighted by atomic mass is 19.1. The van der Waals surface area contributed by atoms with Gasteiger partial charge in [0.05, 0.1) is 0 Å². The van der Waals surface area contributed by atoms with Gasteiger partial charge in [0.15, 0.2) is 0 Å². The molecule has 2 fully saturated rings. The number of nitrogens with zero attached hydrogens (tertiary/aromatic N) is 2. The maximum atomic E-state index is 12.8. The van der Waals surface area contributed by atoms with Crippen LogP contribution in [0.1, 0.15) is 37.2 Å². The van der Waals surface area contributed by atoms with Crippen molar-refractivity contribution in [2.45, 2.75) is 37.6 Å². The van der Waals surface area contributed by atoms with Gasteiger partial charge in [0.1, 0.15) is 0 Å². The summed E-state index contributed by atoms with van der Waals surface area (Å²) in [6, 6.07) is 4.09. The predicted octanol–water partition coefficient (Wildman–Crippen LogP) is 4.71. The third-order valence-corrected chi connectivity index (χ3v) is 5.01. The number of hydrogen-bond acceptors (Lipinski definition) is 4. The normalized spacial score (nSPS) is 18.2. The van der Waals surface area contributed by atoms with E-state index in [0.717, 1.165) is 36.2 Å². The number of halogens is 1. The van der Waals surface area contributed by atoms with Gasteiger partial charge in [-0.1, -0.05) is 50.1 Å². The van der Waals surface area contributed by atoms with Crippen LogP contribution >= 0.6 is 0 Å². The Bertz CT molecular complexity index is 722. The van der Waals surface area contributed by atoms with E-state index in [1.54, 1.807) is 18.2 Å². The summed E-state index contributed by atoms with van der Waals surface area (Å²) in [4.78, 5) is 5.92. The van der Waals surface area contributed by atoms with Crippen molar-refractivity contribution in [3.05, 3.63) is 91.7 Å². The highest BCUT2D eigenvalue weighted by Gasteiger charge is 2.26. The number of likely N-dealkylation sites (N-methyl/N-ethyl adjacent to an activating group) is 1. The summed E-state index contributed by atoms with van der Waals surface area (Å²) in [5, 5.41) is 3.37. The lowest BCUT2D eigenvalue weighted by Gasteiger charge is -2.23. The molecule has 0 spiro atoms. The minimum atomic E-state index is -0.287. The lowest BCUT2D eigenvalue weighted by atomic mass is 10.1. The molecule has 2 heterocycles. The Hall–Kier alpha value is -2.50. The number of likely N-dealkylation sites (tertiary alicyclic amines) is 1. The fourth-order valence-electron chi connectivity index (χ4n) is 3.13. The van der Waals surface area contributed by atoms with Crippen LogP contribution in [0.5, 0.6) is 0 Å². The van der Waals surface area contributed by atoms with E-state index in [2.05, 4.69) is 48.6 Å². The van der Waals surface area contributed by atoms with Crippen molar-refractivity contribution < 1.29 is 4.39 Å². The molecule has 1 saturated carbocycles. The third kappa shape index (κ3) is 9.33. The van der Waals surface area contributed by atoms with Gasteiger partial charge in [-0.05, 0) is 56.8 Å². The SMILES string of the molecule is C=C/C=C(\C=C)CNC(=C)C1CCCN1C.C=CCN.Fc1ncccc1C1CC1. The fourth-order valence-corrected chi connectivity index (χ4v) is 3.13. The molecule has 4 nitrogen and oxygen atoms in total. The number of allylic oxidation sites excluding steroid dienone is 2. The lowest BCUT2D eigenvalue weighted by Crippen LogP contribution is -2.33. The zero-order valence-electron chi connectivity index (χ0n) is 18.3. The van der Waals surface area contributed by atoms with Crippen molar-refractivity contribution in [1.29, 1.82) is 0 Å². The van der Waals surface area contributed by atoms with Crippen molar-refractivity contribution in [2.75, 3.05) is 26.7 Å². The summed E-state index contributed by atoms with van der Waals surface area (Å²) < 4.78 is 12.8. The molecule has 0 aromatic carbocycles. The topological polar surface area (TPSA) is 54.2 Å². The van der Waals surface area contributed by atoms with Crippen LogP contribution in [0.3, 0.4) is 0 Å².